The van der Waals surface area contributed by atoms with Gasteiger partial charge >= 0.3 is 5.17 Å². The predicted octanol–water partition coefficient (Wildman–Crippen LogP) is -0.905. The molecule has 2 fully saturated rings. The van der Waals surface area contributed by atoms with Gasteiger partial charge in [-0.05, 0) is 11.8 Å². The van der Waals surface area contributed by atoms with E-state index in [-0.39, 0.29) is 5.91 Å². The first kappa shape index (κ1) is 9.79. The molecule has 2 aliphatic rings. The minimum absolute atomic E-state index is 0.0644. The Morgan fingerprint density at radius 3 is 2.86 bits per heavy atom. The maximum absolute atomic E-state index is 11.1. The van der Waals surface area contributed by atoms with E-state index in [1.165, 1.54) is 0 Å². The number of carbonyl (C=O) groups excluding carboxylic acids is 1. The molecule has 78 valence electrons. The van der Waals surface area contributed by atoms with Crippen molar-refractivity contribution in [1.29, 1.82) is 0 Å². The zero-order chi connectivity index (χ0) is 9.97. The summed E-state index contributed by atoms with van der Waals surface area (Å²) in [6, 6.07) is 0. The van der Waals surface area contributed by atoms with Gasteiger partial charge in [-0.3, -0.25) is 4.79 Å². The van der Waals surface area contributed by atoms with Crippen LogP contribution in [0, 0.1) is 0 Å². The molecular formula is C8H14N3O2S+. The van der Waals surface area contributed by atoms with E-state index in [2.05, 4.69) is 10.0 Å². The van der Waals surface area contributed by atoms with Gasteiger partial charge in [0.15, 0.2) is 0 Å². The first-order chi connectivity index (χ1) is 6.77. The second-order valence-corrected chi connectivity index (χ2v) is 4.21. The zero-order valence-corrected chi connectivity index (χ0v) is 8.97. The molecule has 1 amide bonds. The topological polar surface area (TPSA) is 44.6 Å². The Morgan fingerprint density at radius 1 is 1.50 bits per heavy atom. The Labute approximate surface area is 87.1 Å². The number of hydrazine groups is 1. The number of ether oxygens (including phenoxy) is 1. The molecule has 0 aromatic carbocycles. The summed E-state index contributed by atoms with van der Waals surface area (Å²) in [4.78, 5) is 11.1. The van der Waals surface area contributed by atoms with Crippen molar-refractivity contribution in [3.63, 3.8) is 0 Å². The van der Waals surface area contributed by atoms with Crippen molar-refractivity contribution in [2.24, 2.45) is 0 Å². The van der Waals surface area contributed by atoms with E-state index in [0.717, 1.165) is 31.5 Å². The normalized spacial score (nSPS) is 23.8. The van der Waals surface area contributed by atoms with E-state index in [1.54, 1.807) is 16.8 Å². The van der Waals surface area contributed by atoms with Crippen molar-refractivity contribution in [2.75, 3.05) is 39.1 Å². The number of nitrogens with zero attached hydrogens (tertiary/aromatic N) is 2. The fourth-order valence-corrected chi connectivity index (χ4v) is 2.48. The minimum Gasteiger partial charge on any atom is -0.373 e. The lowest BCUT2D eigenvalue weighted by Gasteiger charge is -2.24. The molecule has 0 radical (unpaired) electrons. The van der Waals surface area contributed by atoms with Crippen LogP contribution in [0.25, 0.3) is 0 Å². The molecule has 2 heterocycles. The first-order valence-corrected chi connectivity index (χ1v) is 5.61. The Hall–Kier alpha value is -0.750. The lowest BCUT2D eigenvalue weighted by atomic mass is 10.5. The second kappa shape index (κ2) is 4.18. The lowest BCUT2D eigenvalue weighted by molar-refractivity contribution is -0.551. The Morgan fingerprint density at radius 2 is 2.21 bits per heavy atom. The molecule has 0 aromatic heterocycles. The summed E-state index contributed by atoms with van der Waals surface area (Å²) in [5.74, 6) is 0.575. The summed E-state index contributed by atoms with van der Waals surface area (Å²) in [6.07, 6.45) is 0. The molecule has 2 saturated heterocycles. The number of amidine groups is 1. The van der Waals surface area contributed by atoms with Gasteiger partial charge in [0.1, 0.15) is 20.1 Å². The second-order valence-electron chi connectivity index (χ2n) is 3.26. The van der Waals surface area contributed by atoms with Crippen molar-refractivity contribution in [3.05, 3.63) is 0 Å². The molecule has 14 heavy (non-hydrogen) atoms. The van der Waals surface area contributed by atoms with E-state index in [9.17, 15) is 4.79 Å². The monoisotopic (exact) mass is 216 g/mol. The molecule has 0 saturated carbocycles. The summed E-state index contributed by atoms with van der Waals surface area (Å²) in [7, 11) is 1.87. The highest BCUT2D eigenvalue weighted by molar-refractivity contribution is 8.14. The molecule has 0 aromatic rings. The number of thioether (sulfide) groups is 1. The van der Waals surface area contributed by atoms with Gasteiger partial charge in [0.05, 0.1) is 19.0 Å². The molecule has 0 aliphatic carbocycles. The fourth-order valence-electron chi connectivity index (χ4n) is 1.55. The summed E-state index contributed by atoms with van der Waals surface area (Å²) in [5.41, 5.74) is 2.78. The van der Waals surface area contributed by atoms with Gasteiger partial charge < -0.3 is 4.74 Å². The van der Waals surface area contributed by atoms with Gasteiger partial charge in [-0.15, -0.1) is 0 Å². The van der Waals surface area contributed by atoms with Crippen LogP contribution in [0.1, 0.15) is 0 Å². The SMILES string of the molecule is CN1NC(=O)CSC1=[N+]1CCOCC1. The largest absolute Gasteiger partial charge is 0.373 e. The average molecular weight is 216 g/mol. The van der Waals surface area contributed by atoms with Crippen LogP contribution < -0.4 is 5.43 Å². The van der Waals surface area contributed by atoms with Crippen LogP contribution in [-0.4, -0.2) is 59.8 Å². The van der Waals surface area contributed by atoms with E-state index >= 15 is 0 Å². The Balaban J connectivity index is 2.11. The molecule has 2 aliphatic heterocycles. The molecule has 0 atom stereocenters. The average Bonchev–Trinajstić information content (AvgIpc) is 2.19. The number of morpholine rings is 1. The third kappa shape index (κ3) is 2.01. The number of hydrogen-bond acceptors (Lipinski definition) is 3. The van der Waals surface area contributed by atoms with Gasteiger partial charge in [0, 0.05) is 0 Å². The summed E-state index contributed by atoms with van der Waals surface area (Å²) < 4.78 is 7.52. The molecule has 2 rings (SSSR count). The van der Waals surface area contributed by atoms with Crippen LogP contribution >= 0.6 is 11.8 Å². The van der Waals surface area contributed by atoms with Gasteiger partial charge in [0.2, 0.25) is 0 Å². The number of carbonyl (C=O) groups is 1. The standard InChI is InChI=1S/C8H13N3O2S/c1-10-8(14-6-7(12)9-10)11-2-4-13-5-3-11/h2-6H2,1H3/p+1. The minimum atomic E-state index is 0.0644. The molecule has 0 bridgehead atoms. The maximum Gasteiger partial charge on any atom is 0.332 e. The fraction of sp³-hybridized carbons (Fsp3) is 0.750. The number of hydrogen-bond donors (Lipinski definition) is 1. The van der Waals surface area contributed by atoms with Crippen molar-refractivity contribution >= 4 is 22.8 Å². The number of nitrogens with one attached hydrogen (secondary N) is 1. The number of amides is 1. The van der Waals surface area contributed by atoms with Crippen LogP contribution in [0.15, 0.2) is 0 Å². The molecular weight excluding hydrogens is 202 g/mol. The number of rotatable bonds is 0. The van der Waals surface area contributed by atoms with Crippen LogP contribution in [0.2, 0.25) is 0 Å². The van der Waals surface area contributed by atoms with Crippen LogP contribution in [0.4, 0.5) is 0 Å². The predicted molar refractivity (Wildman–Crippen MR) is 54.2 cm³/mol. The van der Waals surface area contributed by atoms with E-state index in [0.29, 0.717) is 5.75 Å². The molecule has 6 heteroatoms. The van der Waals surface area contributed by atoms with Crippen molar-refractivity contribution < 1.29 is 14.1 Å². The highest BCUT2D eigenvalue weighted by Gasteiger charge is 2.29. The highest BCUT2D eigenvalue weighted by Crippen LogP contribution is 2.11. The van der Waals surface area contributed by atoms with E-state index in [4.69, 9.17) is 4.74 Å². The summed E-state index contributed by atoms with van der Waals surface area (Å²) in [5, 5.41) is 2.91. The Kier molecular flexibility index (Phi) is 2.93. The van der Waals surface area contributed by atoms with Crippen LogP contribution in [0.3, 0.4) is 0 Å². The third-order valence-electron chi connectivity index (χ3n) is 2.19. The van der Waals surface area contributed by atoms with Crippen molar-refractivity contribution in [2.45, 2.75) is 0 Å². The Bertz CT molecular complexity index is 272. The molecule has 1 N–H and O–H groups in total. The first-order valence-electron chi connectivity index (χ1n) is 4.63. The van der Waals surface area contributed by atoms with Gasteiger partial charge in [-0.1, -0.05) is 0 Å². The smallest absolute Gasteiger partial charge is 0.332 e. The van der Waals surface area contributed by atoms with Crippen molar-refractivity contribution in [1.82, 2.24) is 10.4 Å². The quantitative estimate of drug-likeness (QED) is 0.533. The van der Waals surface area contributed by atoms with Gasteiger partial charge in [-0.2, -0.15) is 10.4 Å². The van der Waals surface area contributed by atoms with Gasteiger partial charge in [-0.25, -0.2) is 4.58 Å². The zero-order valence-electron chi connectivity index (χ0n) is 8.15. The lowest BCUT2D eigenvalue weighted by Crippen LogP contribution is -2.51. The van der Waals surface area contributed by atoms with E-state index in [1.807, 2.05) is 7.05 Å². The highest BCUT2D eigenvalue weighted by atomic mass is 32.2. The molecule has 5 nitrogen and oxygen atoms in total. The summed E-state index contributed by atoms with van der Waals surface area (Å²) in [6.45, 7) is 3.35. The summed E-state index contributed by atoms with van der Waals surface area (Å²) >= 11 is 1.59. The molecule has 0 spiro atoms. The van der Waals surface area contributed by atoms with Crippen LogP contribution in [-0.2, 0) is 9.53 Å². The molecule has 0 unspecified atom stereocenters. The van der Waals surface area contributed by atoms with Crippen LogP contribution in [0.5, 0.6) is 0 Å². The van der Waals surface area contributed by atoms with Gasteiger partial charge in [0.25, 0.3) is 5.91 Å². The van der Waals surface area contributed by atoms with E-state index < -0.39 is 0 Å². The van der Waals surface area contributed by atoms with Crippen molar-refractivity contribution in [3.8, 4) is 0 Å². The third-order valence-corrected chi connectivity index (χ3v) is 3.39. The maximum atomic E-state index is 11.1.